The van der Waals surface area contributed by atoms with Crippen molar-refractivity contribution in [3.63, 3.8) is 0 Å². The molecule has 0 aliphatic heterocycles. The molecule has 1 fully saturated rings. The van der Waals surface area contributed by atoms with E-state index in [4.69, 9.17) is 16.6 Å². The summed E-state index contributed by atoms with van der Waals surface area (Å²) < 4.78 is 1.03. The van der Waals surface area contributed by atoms with Crippen molar-refractivity contribution < 1.29 is 0 Å². The Kier molecular flexibility index (Phi) is 5.46. The molecular formula is C15H22ClIN2. The van der Waals surface area contributed by atoms with Gasteiger partial charge in [-0.25, -0.2) is 9.97 Å². The van der Waals surface area contributed by atoms with E-state index in [9.17, 15) is 0 Å². The van der Waals surface area contributed by atoms with Crippen molar-refractivity contribution >= 4 is 34.2 Å². The van der Waals surface area contributed by atoms with Gasteiger partial charge < -0.3 is 0 Å². The van der Waals surface area contributed by atoms with Crippen molar-refractivity contribution in [2.45, 2.75) is 58.8 Å². The van der Waals surface area contributed by atoms with E-state index in [1.165, 1.54) is 25.7 Å². The fourth-order valence-electron chi connectivity index (χ4n) is 2.70. The third kappa shape index (κ3) is 4.03. The zero-order valence-electron chi connectivity index (χ0n) is 11.9. The molecule has 2 rings (SSSR count). The molecule has 1 aliphatic rings. The summed E-state index contributed by atoms with van der Waals surface area (Å²) in [7, 11) is 0. The quantitative estimate of drug-likeness (QED) is 0.520. The maximum atomic E-state index is 6.29. The first-order chi connectivity index (χ1) is 8.97. The highest BCUT2D eigenvalue weighted by atomic mass is 127. The molecule has 0 amide bonds. The number of nitrogens with zero attached hydrogens (tertiary/aromatic N) is 2. The molecule has 0 bridgehead atoms. The maximum absolute atomic E-state index is 6.29. The highest BCUT2D eigenvalue weighted by Crippen LogP contribution is 2.35. The van der Waals surface area contributed by atoms with Gasteiger partial charge in [-0.15, -0.1) is 0 Å². The predicted octanol–water partition coefficient (Wildman–Crippen LogP) is 5.23. The fourth-order valence-corrected chi connectivity index (χ4v) is 3.36. The fraction of sp³-hybridized carbons (Fsp3) is 0.733. The number of hydrogen-bond acceptors (Lipinski definition) is 2. The summed E-state index contributed by atoms with van der Waals surface area (Å²) in [6.45, 7) is 6.77. The molecule has 0 N–H and O–H groups in total. The highest BCUT2D eigenvalue weighted by molar-refractivity contribution is 14.1. The van der Waals surface area contributed by atoms with E-state index in [0.29, 0.717) is 17.0 Å². The number of halogens is 2. The van der Waals surface area contributed by atoms with Crippen LogP contribution in [0, 0.1) is 15.4 Å². The van der Waals surface area contributed by atoms with Gasteiger partial charge >= 0.3 is 0 Å². The van der Waals surface area contributed by atoms with E-state index in [1.54, 1.807) is 0 Å². The molecule has 1 saturated carbocycles. The zero-order chi connectivity index (χ0) is 14.0. The first-order valence-electron chi connectivity index (χ1n) is 7.19. The van der Waals surface area contributed by atoms with E-state index in [-0.39, 0.29) is 0 Å². The molecule has 0 radical (unpaired) electrons. The van der Waals surface area contributed by atoms with Gasteiger partial charge in [0.2, 0.25) is 0 Å². The molecule has 0 unspecified atom stereocenters. The maximum Gasteiger partial charge on any atom is 0.146 e. The molecule has 0 aromatic carbocycles. The second kappa shape index (κ2) is 6.70. The molecule has 0 saturated heterocycles. The van der Waals surface area contributed by atoms with E-state index in [1.807, 2.05) is 0 Å². The van der Waals surface area contributed by atoms with E-state index in [2.05, 4.69) is 48.3 Å². The van der Waals surface area contributed by atoms with Crippen molar-refractivity contribution in [2.75, 3.05) is 0 Å². The molecule has 106 valence electrons. The zero-order valence-corrected chi connectivity index (χ0v) is 14.8. The third-order valence-electron chi connectivity index (χ3n) is 3.88. The largest absolute Gasteiger partial charge is 0.236 e. The average molecular weight is 393 g/mol. The second-order valence-corrected chi connectivity index (χ2v) is 7.62. The van der Waals surface area contributed by atoms with Crippen LogP contribution in [0.1, 0.15) is 63.9 Å². The Labute approximate surface area is 134 Å². The first-order valence-corrected chi connectivity index (χ1v) is 8.64. The minimum absolute atomic E-state index is 0.511. The SMILES string of the molecule is CC(C)Cc1nc(C2CCC(C)CC2)nc(Cl)c1I. The van der Waals surface area contributed by atoms with Crippen LogP contribution < -0.4 is 0 Å². The molecule has 2 nitrogen and oxygen atoms in total. The molecule has 4 heteroatoms. The van der Waals surface area contributed by atoms with Crippen LogP contribution in [0.5, 0.6) is 0 Å². The molecular weight excluding hydrogens is 371 g/mol. The summed E-state index contributed by atoms with van der Waals surface area (Å²) in [5.41, 5.74) is 1.13. The van der Waals surface area contributed by atoms with E-state index >= 15 is 0 Å². The summed E-state index contributed by atoms with van der Waals surface area (Å²) in [6.07, 6.45) is 5.98. The normalized spacial score (nSPS) is 23.9. The van der Waals surface area contributed by atoms with Gasteiger partial charge in [-0.05, 0) is 53.7 Å². The van der Waals surface area contributed by atoms with Gasteiger partial charge in [0.25, 0.3) is 0 Å². The van der Waals surface area contributed by atoms with Gasteiger partial charge in [0.05, 0.1) is 9.26 Å². The van der Waals surface area contributed by atoms with Crippen LogP contribution in [0.15, 0.2) is 0 Å². The Morgan fingerprint density at radius 3 is 2.42 bits per heavy atom. The lowest BCUT2D eigenvalue weighted by Gasteiger charge is -2.25. The smallest absolute Gasteiger partial charge is 0.146 e. The lowest BCUT2D eigenvalue weighted by Crippen LogP contribution is -2.15. The Balaban J connectivity index is 2.23. The molecule has 0 spiro atoms. The lowest BCUT2D eigenvalue weighted by atomic mass is 9.82. The van der Waals surface area contributed by atoms with E-state index < -0.39 is 0 Å². The minimum Gasteiger partial charge on any atom is -0.236 e. The van der Waals surface area contributed by atoms with Gasteiger partial charge in [0.15, 0.2) is 0 Å². The van der Waals surface area contributed by atoms with Crippen molar-refractivity contribution in [1.82, 2.24) is 9.97 Å². The molecule has 1 heterocycles. The van der Waals surface area contributed by atoms with Crippen LogP contribution in [-0.4, -0.2) is 9.97 Å². The lowest BCUT2D eigenvalue weighted by molar-refractivity contribution is 0.339. The minimum atomic E-state index is 0.511. The second-order valence-electron chi connectivity index (χ2n) is 6.19. The van der Waals surface area contributed by atoms with Gasteiger partial charge in [-0.1, -0.05) is 45.2 Å². The number of aromatic nitrogens is 2. The topological polar surface area (TPSA) is 25.8 Å². The summed E-state index contributed by atoms with van der Waals surface area (Å²) >= 11 is 8.56. The van der Waals surface area contributed by atoms with Crippen molar-refractivity contribution in [1.29, 1.82) is 0 Å². The molecule has 1 aliphatic carbocycles. The van der Waals surface area contributed by atoms with Gasteiger partial charge in [-0.2, -0.15) is 0 Å². The van der Waals surface area contributed by atoms with Crippen LogP contribution in [0.4, 0.5) is 0 Å². The summed E-state index contributed by atoms with van der Waals surface area (Å²) in [6, 6.07) is 0. The van der Waals surface area contributed by atoms with Gasteiger partial charge in [0, 0.05) is 5.92 Å². The summed E-state index contributed by atoms with van der Waals surface area (Å²) in [5, 5.41) is 0.639. The molecule has 1 aromatic heterocycles. The molecule has 19 heavy (non-hydrogen) atoms. The predicted molar refractivity (Wildman–Crippen MR) is 88.7 cm³/mol. The van der Waals surface area contributed by atoms with Crippen molar-refractivity contribution in [2.24, 2.45) is 11.8 Å². The summed E-state index contributed by atoms with van der Waals surface area (Å²) in [5.74, 6) is 2.94. The Bertz CT molecular complexity index is 440. The summed E-state index contributed by atoms with van der Waals surface area (Å²) in [4.78, 5) is 9.36. The first kappa shape index (κ1) is 15.5. The van der Waals surface area contributed by atoms with Gasteiger partial charge in [-0.3, -0.25) is 0 Å². The third-order valence-corrected chi connectivity index (χ3v) is 5.61. The Morgan fingerprint density at radius 1 is 1.21 bits per heavy atom. The Hall–Kier alpha value is 0.100. The number of rotatable bonds is 3. The molecule has 0 atom stereocenters. The van der Waals surface area contributed by atoms with Crippen molar-refractivity contribution in [3.05, 3.63) is 20.2 Å². The van der Waals surface area contributed by atoms with Gasteiger partial charge in [0.1, 0.15) is 11.0 Å². The van der Waals surface area contributed by atoms with E-state index in [0.717, 1.165) is 27.4 Å². The van der Waals surface area contributed by atoms with Crippen LogP contribution in [0.2, 0.25) is 5.15 Å². The number of hydrogen-bond donors (Lipinski definition) is 0. The monoisotopic (exact) mass is 392 g/mol. The molecule has 1 aromatic rings. The average Bonchev–Trinajstić information content (AvgIpc) is 2.35. The van der Waals surface area contributed by atoms with Crippen LogP contribution in [-0.2, 0) is 6.42 Å². The highest BCUT2D eigenvalue weighted by Gasteiger charge is 2.23. The van der Waals surface area contributed by atoms with Crippen LogP contribution in [0.3, 0.4) is 0 Å². The van der Waals surface area contributed by atoms with Crippen LogP contribution >= 0.6 is 34.2 Å². The standard InChI is InChI=1S/C15H22ClIN2/c1-9(2)8-12-13(17)14(16)19-15(18-12)11-6-4-10(3)5-7-11/h9-11H,4-8H2,1-3H3. The van der Waals surface area contributed by atoms with Crippen LogP contribution in [0.25, 0.3) is 0 Å². The Morgan fingerprint density at radius 2 is 1.84 bits per heavy atom. The van der Waals surface area contributed by atoms with Crippen molar-refractivity contribution in [3.8, 4) is 0 Å².